The molecule has 0 aliphatic carbocycles. The summed E-state index contributed by atoms with van der Waals surface area (Å²) in [6.45, 7) is 0. The molecule has 0 fully saturated rings. The molecular weight excluding hydrogens is 321 g/mol. The molecule has 0 aliphatic heterocycles. The van der Waals surface area contributed by atoms with Crippen LogP contribution in [0.15, 0.2) is 115 Å². The van der Waals surface area contributed by atoms with Gasteiger partial charge in [-0.2, -0.15) is 4.48 Å². The van der Waals surface area contributed by atoms with Gasteiger partial charge in [-0.3, -0.25) is 0 Å². The molecule has 0 unspecified atom stereocenters. The fraction of sp³-hybridized carbons (Fsp3) is 0. The molecule has 0 aromatic heterocycles. The van der Waals surface area contributed by atoms with E-state index >= 15 is 0 Å². The Hall–Kier alpha value is -3.23. The first-order valence-corrected chi connectivity index (χ1v) is 8.64. The lowest BCUT2D eigenvalue weighted by molar-refractivity contribution is 0.624. The second-order valence-corrected chi connectivity index (χ2v) is 6.15. The Kier molecular flexibility index (Phi) is 4.34. The fourth-order valence-corrected chi connectivity index (χ4v) is 3.51. The quantitative estimate of drug-likeness (QED) is 0.347. The van der Waals surface area contributed by atoms with Gasteiger partial charge in [-0.1, -0.05) is 54.6 Å². The van der Waals surface area contributed by atoms with Crippen molar-refractivity contribution in [1.29, 1.82) is 0 Å². The van der Waals surface area contributed by atoms with Gasteiger partial charge in [0.15, 0.2) is 0 Å². The van der Waals surface area contributed by atoms with Crippen LogP contribution in [0.2, 0.25) is 0 Å². The number of quaternary nitrogens is 1. The van der Waals surface area contributed by atoms with Gasteiger partial charge in [-0.15, -0.1) is 0 Å². The van der Waals surface area contributed by atoms with Gasteiger partial charge in [-0.25, -0.2) is 4.39 Å². The van der Waals surface area contributed by atoms with Gasteiger partial charge in [0.1, 0.15) is 28.6 Å². The van der Waals surface area contributed by atoms with Crippen molar-refractivity contribution in [3.05, 3.63) is 121 Å². The maximum Gasteiger partial charge on any atom is 0.148 e. The molecule has 0 N–H and O–H groups in total. The van der Waals surface area contributed by atoms with Crippen molar-refractivity contribution >= 4 is 22.7 Å². The molecule has 4 aromatic carbocycles. The van der Waals surface area contributed by atoms with Gasteiger partial charge in [0.25, 0.3) is 0 Å². The Labute approximate surface area is 153 Å². The van der Waals surface area contributed by atoms with Crippen molar-refractivity contribution in [1.82, 2.24) is 4.48 Å². The van der Waals surface area contributed by atoms with E-state index in [0.29, 0.717) is 4.48 Å². The number of benzene rings is 4. The molecule has 0 radical (unpaired) electrons. The van der Waals surface area contributed by atoms with Crippen molar-refractivity contribution in [2.24, 2.45) is 0 Å². The minimum absolute atomic E-state index is 0.235. The molecule has 0 amide bonds. The first-order chi connectivity index (χ1) is 12.8. The van der Waals surface area contributed by atoms with E-state index in [4.69, 9.17) is 0 Å². The van der Waals surface area contributed by atoms with Gasteiger partial charge in [0.2, 0.25) is 0 Å². The third kappa shape index (κ3) is 2.71. The zero-order valence-corrected chi connectivity index (χ0v) is 14.3. The van der Waals surface area contributed by atoms with E-state index in [1.807, 2.05) is 66.7 Å². The third-order valence-corrected chi connectivity index (χ3v) is 4.64. The SMILES string of the molecule is Fc1ccc([N+](c2ccccc2)(c2ccccc2)c2ccccc2)cc1. The molecular formula is C24H19FN+. The molecule has 0 spiro atoms. The number of hydrogen-bond donors (Lipinski definition) is 0. The van der Waals surface area contributed by atoms with Gasteiger partial charge >= 0.3 is 0 Å². The van der Waals surface area contributed by atoms with Gasteiger partial charge in [0.05, 0.1) is 0 Å². The normalized spacial score (nSPS) is 11.3. The summed E-state index contributed by atoms with van der Waals surface area (Å²) in [5, 5.41) is 0. The maximum absolute atomic E-state index is 13.7. The van der Waals surface area contributed by atoms with Crippen LogP contribution in [0, 0.1) is 5.82 Å². The maximum atomic E-state index is 13.7. The molecule has 0 saturated heterocycles. The average Bonchev–Trinajstić information content (AvgIpc) is 2.72. The third-order valence-electron chi connectivity index (χ3n) is 4.64. The smallest absolute Gasteiger partial charge is 0.148 e. The molecule has 1 nitrogen and oxygen atoms in total. The molecule has 0 saturated carbocycles. The van der Waals surface area contributed by atoms with Crippen LogP contribution in [0.25, 0.3) is 0 Å². The molecule has 0 aliphatic rings. The monoisotopic (exact) mass is 340 g/mol. The van der Waals surface area contributed by atoms with Crippen molar-refractivity contribution in [2.75, 3.05) is 0 Å². The van der Waals surface area contributed by atoms with E-state index < -0.39 is 0 Å². The highest BCUT2D eigenvalue weighted by atomic mass is 19.1. The Morgan fingerprint density at radius 1 is 0.385 bits per heavy atom. The summed E-state index contributed by atoms with van der Waals surface area (Å²) in [4.78, 5) is 0. The summed E-state index contributed by atoms with van der Waals surface area (Å²) in [5.74, 6) is -0.235. The largest absolute Gasteiger partial charge is 0.207 e. The van der Waals surface area contributed by atoms with Gasteiger partial charge in [-0.05, 0) is 12.1 Å². The van der Waals surface area contributed by atoms with Crippen molar-refractivity contribution in [3.63, 3.8) is 0 Å². The molecule has 4 aromatic rings. The first-order valence-electron chi connectivity index (χ1n) is 8.64. The average molecular weight is 340 g/mol. The number of para-hydroxylation sites is 3. The summed E-state index contributed by atoms with van der Waals surface area (Å²) in [6, 6.07) is 37.7. The van der Waals surface area contributed by atoms with E-state index in [0.717, 1.165) is 22.7 Å². The van der Waals surface area contributed by atoms with E-state index in [1.165, 1.54) is 12.1 Å². The highest BCUT2D eigenvalue weighted by molar-refractivity contribution is 5.81. The second kappa shape index (κ2) is 6.95. The predicted octanol–water partition coefficient (Wildman–Crippen LogP) is 7.13. The van der Waals surface area contributed by atoms with Crippen molar-refractivity contribution in [2.45, 2.75) is 0 Å². The van der Waals surface area contributed by atoms with Gasteiger partial charge < -0.3 is 0 Å². The summed E-state index contributed by atoms with van der Waals surface area (Å²) in [7, 11) is 0. The summed E-state index contributed by atoms with van der Waals surface area (Å²) >= 11 is 0. The molecule has 2 heteroatoms. The molecule has 0 bridgehead atoms. The molecule has 4 rings (SSSR count). The number of nitrogens with zero attached hydrogens (tertiary/aromatic N) is 1. The Morgan fingerprint density at radius 3 is 1.04 bits per heavy atom. The number of hydrogen-bond acceptors (Lipinski definition) is 0. The predicted molar refractivity (Wildman–Crippen MR) is 107 cm³/mol. The summed E-state index contributed by atoms with van der Waals surface area (Å²) in [5.41, 5.74) is 4.26. The molecule has 0 atom stereocenters. The Bertz CT molecular complexity index is 868. The van der Waals surface area contributed by atoms with Crippen LogP contribution in [-0.4, -0.2) is 0 Å². The van der Waals surface area contributed by atoms with Crippen LogP contribution < -0.4 is 4.48 Å². The van der Waals surface area contributed by atoms with E-state index in [1.54, 1.807) is 0 Å². The lowest BCUT2D eigenvalue weighted by Crippen LogP contribution is -2.33. The minimum Gasteiger partial charge on any atom is -0.207 e. The first kappa shape index (κ1) is 16.2. The molecule has 0 heterocycles. The van der Waals surface area contributed by atoms with Crippen LogP contribution >= 0.6 is 0 Å². The van der Waals surface area contributed by atoms with Crippen molar-refractivity contribution < 1.29 is 4.39 Å². The van der Waals surface area contributed by atoms with Crippen LogP contribution in [0.5, 0.6) is 0 Å². The standard InChI is InChI=1S/C24H19FN/c25-20-16-18-24(19-17-20)26(21-10-4-1-5-11-21,22-12-6-2-7-13-22)23-14-8-3-9-15-23/h1-19H/q+1. The molecule has 26 heavy (non-hydrogen) atoms. The lowest BCUT2D eigenvalue weighted by atomic mass is 10.1. The van der Waals surface area contributed by atoms with E-state index in [-0.39, 0.29) is 5.82 Å². The van der Waals surface area contributed by atoms with Crippen LogP contribution in [0.3, 0.4) is 0 Å². The lowest BCUT2D eigenvalue weighted by Gasteiger charge is -2.37. The van der Waals surface area contributed by atoms with Gasteiger partial charge in [0, 0.05) is 48.5 Å². The van der Waals surface area contributed by atoms with Crippen LogP contribution in [0.1, 0.15) is 0 Å². The Morgan fingerprint density at radius 2 is 0.692 bits per heavy atom. The minimum atomic E-state index is -0.235. The van der Waals surface area contributed by atoms with E-state index in [9.17, 15) is 4.39 Å². The van der Waals surface area contributed by atoms with Crippen molar-refractivity contribution in [3.8, 4) is 0 Å². The summed E-state index contributed by atoms with van der Waals surface area (Å²) < 4.78 is 14.1. The topological polar surface area (TPSA) is 0 Å². The van der Waals surface area contributed by atoms with Crippen LogP contribution in [-0.2, 0) is 0 Å². The fourth-order valence-electron chi connectivity index (χ4n) is 3.51. The van der Waals surface area contributed by atoms with E-state index in [2.05, 4.69) is 36.4 Å². The van der Waals surface area contributed by atoms with Crippen LogP contribution in [0.4, 0.5) is 27.1 Å². The number of halogens is 1. The number of rotatable bonds is 4. The Balaban J connectivity index is 2.12. The zero-order valence-electron chi connectivity index (χ0n) is 14.3. The molecule has 126 valence electrons. The summed E-state index contributed by atoms with van der Waals surface area (Å²) in [6.07, 6.45) is 0. The highest BCUT2D eigenvalue weighted by Gasteiger charge is 2.38. The highest BCUT2D eigenvalue weighted by Crippen LogP contribution is 2.50. The zero-order chi connectivity index (χ0) is 17.8. The second-order valence-electron chi connectivity index (χ2n) is 6.15.